The van der Waals surface area contributed by atoms with Crippen LogP contribution in [0, 0.1) is 0 Å². The van der Waals surface area contributed by atoms with Crippen LogP contribution in [-0.2, 0) is 0 Å². The van der Waals surface area contributed by atoms with E-state index in [9.17, 15) is 0 Å². The van der Waals surface area contributed by atoms with Gasteiger partial charge in [-0.05, 0) is 45.0 Å². The summed E-state index contributed by atoms with van der Waals surface area (Å²) < 4.78 is 5.23. The van der Waals surface area contributed by atoms with Crippen LogP contribution in [0.4, 0.5) is 5.69 Å². The third kappa shape index (κ3) is 7.19. The maximum absolute atomic E-state index is 5.23. The molecule has 1 aliphatic rings. The number of methoxy groups -OCH3 is 1. The minimum atomic E-state index is 0. The van der Waals surface area contributed by atoms with Crippen LogP contribution in [0.3, 0.4) is 0 Å². The third-order valence-corrected chi connectivity index (χ3v) is 4.29. The summed E-state index contributed by atoms with van der Waals surface area (Å²) in [5.74, 6) is 1.89. The van der Waals surface area contributed by atoms with Crippen molar-refractivity contribution in [1.29, 1.82) is 0 Å². The van der Waals surface area contributed by atoms with Gasteiger partial charge in [-0.1, -0.05) is 0 Å². The zero-order chi connectivity index (χ0) is 18.3. The van der Waals surface area contributed by atoms with Crippen LogP contribution in [0.15, 0.2) is 29.3 Å². The molecular formula is C19H34IN5O. The molecule has 6 nitrogen and oxygen atoms in total. The van der Waals surface area contributed by atoms with Gasteiger partial charge in [0.05, 0.1) is 7.11 Å². The van der Waals surface area contributed by atoms with E-state index in [2.05, 4.69) is 58.3 Å². The average Bonchev–Trinajstić information content (AvgIpc) is 2.61. The molecule has 0 amide bonds. The number of benzene rings is 1. The van der Waals surface area contributed by atoms with Crippen LogP contribution < -0.4 is 20.3 Å². The molecule has 0 unspecified atom stereocenters. The summed E-state index contributed by atoms with van der Waals surface area (Å²) in [6.07, 6.45) is 0. The lowest BCUT2D eigenvalue weighted by Crippen LogP contribution is -2.53. The van der Waals surface area contributed by atoms with Gasteiger partial charge in [-0.25, -0.2) is 0 Å². The van der Waals surface area contributed by atoms with Crippen molar-refractivity contribution < 1.29 is 4.74 Å². The van der Waals surface area contributed by atoms with E-state index < -0.39 is 0 Å². The molecule has 26 heavy (non-hydrogen) atoms. The van der Waals surface area contributed by atoms with Crippen molar-refractivity contribution in [3.05, 3.63) is 24.3 Å². The van der Waals surface area contributed by atoms with Crippen molar-refractivity contribution in [3.63, 3.8) is 0 Å². The summed E-state index contributed by atoms with van der Waals surface area (Å²) in [5, 5.41) is 6.95. The predicted molar refractivity (Wildman–Crippen MR) is 121 cm³/mol. The number of aliphatic imine (C=N–C) groups is 1. The Kier molecular flexibility index (Phi) is 9.49. The fourth-order valence-electron chi connectivity index (χ4n) is 2.91. The van der Waals surface area contributed by atoms with Gasteiger partial charge in [0.2, 0.25) is 0 Å². The van der Waals surface area contributed by atoms with Gasteiger partial charge in [0.25, 0.3) is 0 Å². The molecule has 148 valence electrons. The largest absolute Gasteiger partial charge is 0.497 e. The fraction of sp³-hybridized carbons (Fsp3) is 0.632. The number of hydrogen-bond acceptors (Lipinski definition) is 4. The lowest BCUT2D eigenvalue weighted by atomic mass is 10.1. The zero-order valence-electron chi connectivity index (χ0n) is 16.7. The minimum Gasteiger partial charge on any atom is -0.497 e. The molecular weight excluding hydrogens is 441 g/mol. The van der Waals surface area contributed by atoms with Crippen molar-refractivity contribution in [1.82, 2.24) is 15.5 Å². The first-order chi connectivity index (χ1) is 11.9. The lowest BCUT2D eigenvalue weighted by Gasteiger charge is -2.37. The number of rotatable bonds is 5. The smallest absolute Gasteiger partial charge is 0.193 e. The Balaban J connectivity index is 0.00000338. The van der Waals surface area contributed by atoms with Crippen LogP contribution >= 0.6 is 24.0 Å². The second-order valence-electron chi connectivity index (χ2n) is 7.32. The van der Waals surface area contributed by atoms with Crippen LogP contribution in [0.1, 0.15) is 20.8 Å². The van der Waals surface area contributed by atoms with Crippen molar-refractivity contribution in [2.45, 2.75) is 26.3 Å². The molecule has 0 radical (unpaired) electrons. The van der Waals surface area contributed by atoms with E-state index in [-0.39, 0.29) is 29.5 Å². The number of nitrogens with one attached hydrogen (secondary N) is 2. The number of ether oxygens (including phenoxy) is 1. The molecule has 0 aliphatic carbocycles. The number of halogens is 1. The summed E-state index contributed by atoms with van der Waals surface area (Å²) in [6, 6.07) is 8.29. The van der Waals surface area contributed by atoms with E-state index in [0.29, 0.717) is 0 Å². The highest BCUT2D eigenvalue weighted by Gasteiger charge is 2.19. The first-order valence-electron chi connectivity index (χ1n) is 9.02. The molecule has 0 atom stereocenters. The highest BCUT2D eigenvalue weighted by molar-refractivity contribution is 14.0. The molecule has 0 spiro atoms. The highest BCUT2D eigenvalue weighted by Crippen LogP contribution is 2.20. The van der Waals surface area contributed by atoms with Crippen molar-refractivity contribution in [2.75, 3.05) is 58.3 Å². The molecule has 1 fully saturated rings. The summed E-state index contributed by atoms with van der Waals surface area (Å²) in [6.45, 7) is 12.3. The SMILES string of the molecule is CN=C(NCCNC(C)(C)C)N1CCN(c2ccc(OC)cc2)CC1.I. The van der Waals surface area contributed by atoms with Gasteiger partial charge in [-0.2, -0.15) is 0 Å². The monoisotopic (exact) mass is 475 g/mol. The molecule has 1 saturated heterocycles. The molecule has 0 aromatic heterocycles. The van der Waals surface area contributed by atoms with Crippen molar-refractivity contribution in [3.8, 4) is 5.75 Å². The Bertz CT molecular complexity index is 548. The molecule has 1 aromatic carbocycles. The maximum Gasteiger partial charge on any atom is 0.193 e. The van der Waals surface area contributed by atoms with E-state index in [1.165, 1.54) is 5.69 Å². The van der Waals surface area contributed by atoms with Gasteiger partial charge < -0.3 is 25.2 Å². The number of anilines is 1. The van der Waals surface area contributed by atoms with Crippen LogP contribution in [-0.4, -0.2) is 69.8 Å². The minimum absolute atomic E-state index is 0. The normalized spacial score (nSPS) is 15.5. The first kappa shape index (κ1) is 22.8. The molecule has 2 rings (SSSR count). The Labute approximate surface area is 175 Å². The first-order valence-corrected chi connectivity index (χ1v) is 9.02. The van der Waals surface area contributed by atoms with E-state index in [0.717, 1.165) is 51.0 Å². The van der Waals surface area contributed by atoms with E-state index >= 15 is 0 Å². The summed E-state index contributed by atoms with van der Waals surface area (Å²) in [5.41, 5.74) is 1.40. The van der Waals surface area contributed by atoms with Crippen LogP contribution in [0.25, 0.3) is 0 Å². The Hall–Kier alpha value is -1.22. The quantitative estimate of drug-likeness (QED) is 0.297. The fourth-order valence-corrected chi connectivity index (χ4v) is 2.91. The maximum atomic E-state index is 5.23. The molecule has 0 saturated carbocycles. The predicted octanol–water partition coefficient (Wildman–Crippen LogP) is 2.40. The van der Waals surface area contributed by atoms with Gasteiger partial charge in [-0.3, -0.25) is 4.99 Å². The van der Waals surface area contributed by atoms with Crippen LogP contribution in [0.2, 0.25) is 0 Å². The summed E-state index contributed by atoms with van der Waals surface area (Å²) >= 11 is 0. The number of hydrogen-bond donors (Lipinski definition) is 2. The van der Waals surface area contributed by atoms with Gasteiger partial charge in [-0.15, -0.1) is 24.0 Å². The molecule has 1 aliphatic heterocycles. The van der Waals surface area contributed by atoms with E-state index in [1.54, 1.807) is 7.11 Å². The Morgan fingerprint density at radius 1 is 1.08 bits per heavy atom. The molecule has 7 heteroatoms. The standard InChI is InChI=1S/C19H33N5O.HI/c1-19(2,3)22-11-10-21-18(20-4)24-14-12-23(13-15-24)16-6-8-17(25-5)9-7-16;/h6-9,22H,10-15H2,1-5H3,(H,20,21);1H. The lowest BCUT2D eigenvalue weighted by molar-refractivity contribution is 0.369. The van der Waals surface area contributed by atoms with E-state index in [1.807, 2.05) is 19.2 Å². The molecule has 0 bridgehead atoms. The molecule has 1 aromatic rings. The molecule has 1 heterocycles. The highest BCUT2D eigenvalue weighted by atomic mass is 127. The summed E-state index contributed by atoms with van der Waals surface area (Å²) in [4.78, 5) is 9.17. The Morgan fingerprint density at radius 3 is 2.19 bits per heavy atom. The van der Waals surface area contributed by atoms with Crippen molar-refractivity contribution >= 4 is 35.6 Å². The van der Waals surface area contributed by atoms with Gasteiger partial charge in [0, 0.05) is 57.5 Å². The second kappa shape index (κ2) is 10.8. The van der Waals surface area contributed by atoms with Gasteiger partial charge >= 0.3 is 0 Å². The van der Waals surface area contributed by atoms with Gasteiger partial charge in [0.15, 0.2) is 5.96 Å². The number of nitrogens with zero attached hydrogens (tertiary/aromatic N) is 3. The average molecular weight is 475 g/mol. The summed E-state index contributed by atoms with van der Waals surface area (Å²) in [7, 11) is 3.55. The third-order valence-electron chi connectivity index (χ3n) is 4.29. The van der Waals surface area contributed by atoms with Crippen LogP contribution in [0.5, 0.6) is 5.75 Å². The topological polar surface area (TPSA) is 52.1 Å². The second-order valence-corrected chi connectivity index (χ2v) is 7.32. The van der Waals surface area contributed by atoms with E-state index in [4.69, 9.17) is 4.74 Å². The number of guanidine groups is 1. The number of piperazine rings is 1. The zero-order valence-corrected chi connectivity index (χ0v) is 19.0. The Morgan fingerprint density at radius 2 is 1.69 bits per heavy atom. The van der Waals surface area contributed by atoms with Crippen molar-refractivity contribution in [2.24, 2.45) is 4.99 Å². The van der Waals surface area contributed by atoms with Gasteiger partial charge in [0.1, 0.15) is 5.75 Å². The molecule has 2 N–H and O–H groups in total.